The van der Waals surface area contributed by atoms with Gasteiger partial charge in [-0.1, -0.05) is 18.2 Å². The van der Waals surface area contributed by atoms with Crippen LogP contribution in [0.25, 0.3) is 0 Å². The molecule has 8 heteroatoms. The van der Waals surface area contributed by atoms with Crippen LogP contribution in [0.3, 0.4) is 0 Å². The van der Waals surface area contributed by atoms with Crippen LogP contribution in [0.1, 0.15) is 35.5 Å². The summed E-state index contributed by atoms with van der Waals surface area (Å²) in [6.45, 7) is 6.91. The molecule has 3 rings (SSSR count). The average Bonchev–Trinajstić information content (AvgIpc) is 2.77. The molecule has 2 aromatic rings. The van der Waals surface area contributed by atoms with Gasteiger partial charge < -0.3 is 0 Å². The van der Waals surface area contributed by atoms with Gasteiger partial charge in [0.2, 0.25) is 10.0 Å². The van der Waals surface area contributed by atoms with Crippen molar-refractivity contribution < 1.29 is 12.8 Å². The number of benzene rings is 1. The number of rotatable bonds is 4. The van der Waals surface area contributed by atoms with E-state index in [4.69, 9.17) is 0 Å². The zero-order chi connectivity index (χ0) is 18.9. The summed E-state index contributed by atoms with van der Waals surface area (Å²) < 4.78 is 43.8. The van der Waals surface area contributed by atoms with Crippen molar-refractivity contribution in [1.82, 2.24) is 14.1 Å². The highest BCUT2D eigenvalue weighted by Crippen LogP contribution is 2.37. The maximum absolute atomic E-state index is 14.1. The van der Waals surface area contributed by atoms with Crippen molar-refractivity contribution in [3.63, 3.8) is 0 Å². The Balaban J connectivity index is 1.85. The highest BCUT2D eigenvalue weighted by molar-refractivity contribution is 7.99. The molecule has 5 nitrogen and oxygen atoms in total. The third-order valence-corrected chi connectivity index (χ3v) is 8.23. The topological polar surface area (TPSA) is 55.2 Å². The van der Waals surface area contributed by atoms with Crippen LogP contribution < -0.4 is 0 Å². The maximum Gasteiger partial charge on any atom is 0.246 e. The third kappa shape index (κ3) is 3.54. The zero-order valence-corrected chi connectivity index (χ0v) is 16.9. The number of hydrogen-bond donors (Lipinski definition) is 0. The van der Waals surface area contributed by atoms with Gasteiger partial charge in [-0.2, -0.15) is 21.2 Å². The average molecular weight is 398 g/mol. The molecular formula is C18H24FN3O2S2. The largest absolute Gasteiger partial charge is 0.268 e. The van der Waals surface area contributed by atoms with E-state index in [2.05, 4.69) is 5.10 Å². The molecule has 0 saturated carbocycles. The molecule has 142 valence electrons. The molecule has 0 N–H and O–H groups in total. The van der Waals surface area contributed by atoms with E-state index in [-0.39, 0.29) is 11.1 Å². The van der Waals surface area contributed by atoms with E-state index in [0.29, 0.717) is 53.7 Å². The van der Waals surface area contributed by atoms with Crippen LogP contribution in [-0.4, -0.2) is 41.3 Å². The second-order valence-electron chi connectivity index (χ2n) is 6.39. The minimum Gasteiger partial charge on any atom is -0.268 e. The molecule has 1 aromatic heterocycles. The van der Waals surface area contributed by atoms with Gasteiger partial charge in [0.05, 0.1) is 11.4 Å². The van der Waals surface area contributed by atoms with Gasteiger partial charge in [0.25, 0.3) is 0 Å². The number of nitrogens with zero attached hydrogens (tertiary/aromatic N) is 3. The van der Waals surface area contributed by atoms with Crippen LogP contribution in [0.15, 0.2) is 29.2 Å². The van der Waals surface area contributed by atoms with Gasteiger partial charge in [-0.05, 0) is 33.3 Å². The number of hydrogen-bond acceptors (Lipinski definition) is 4. The Hall–Kier alpha value is -1.38. The Labute approximate surface area is 158 Å². The van der Waals surface area contributed by atoms with E-state index in [1.807, 2.05) is 13.0 Å². The van der Waals surface area contributed by atoms with Crippen LogP contribution in [0.4, 0.5) is 4.39 Å². The first-order valence-electron chi connectivity index (χ1n) is 8.76. The lowest BCUT2D eigenvalue weighted by Crippen LogP contribution is -2.33. The predicted octanol–water partition coefficient (Wildman–Crippen LogP) is 3.53. The Kier molecular flexibility index (Phi) is 5.74. The van der Waals surface area contributed by atoms with Crippen LogP contribution in [0, 0.1) is 19.7 Å². The molecule has 1 aliphatic rings. The normalized spacial score (nSPS) is 19.5. The Morgan fingerprint density at radius 1 is 1.27 bits per heavy atom. The molecule has 1 aromatic carbocycles. The molecule has 1 fully saturated rings. The minimum absolute atomic E-state index is 0.0306. The first-order valence-corrected chi connectivity index (χ1v) is 11.2. The maximum atomic E-state index is 14.1. The number of halogens is 1. The van der Waals surface area contributed by atoms with E-state index >= 15 is 0 Å². The van der Waals surface area contributed by atoms with Crippen LogP contribution >= 0.6 is 11.8 Å². The molecule has 1 saturated heterocycles. The second kappa shape index (κ2) is 7.70. The van der Waals surface area contributed by atoms with Crippen LogP contribution in [-0.2, 0) is 16.6 Å². The number of aryl methyl sites for hydroxylation is 2. The lowest BCUT2D eigenvalue weighted by atomic mass is 10.1. The van der Waals surface area contributed by atoms with Crippen LogP contribution in [0.5, 0.6) is 0 Å². The Bertz CT molecular complexity index is 896. The van der Waals surface area contributed by atoms with E-state index in [1.54, 1.807) is 42.4 Å². The Morgan fingerprint density at radius 2 is 2.00 bits per heavy atom. The molecule has 0 amide bonds. The van der Waals surface area contributed by atoms with Gasteiger partial charge in [0.1, 0.15) is 10.7 Å². The van der Waals surface area contributed by atoms with Gasteiger partial charge >= 0.3 is 0 Å². The van der Waals surface area contributed by atoms with Crippen molar-refractivity contribution in [1.29, 1.82) is 0 Å². The fraction of sp³-hybridized carbons (Fsp3) is 0.500. The number of thioether (sulfide) groups is 1. The van der Waals surface area contributed by atoms with Crippen molar-refractivity contribution in [2.24, 2.45) is 0 Å². The molecule has 1 aliphatic heterocycles. The van der Waals surface area contributed by atoms with Crippen molar-refractivity contribution in [2.75, 3.05) is 18.8 Å². The monoisotopic (exact) mass is 397 g/mol. The van der Waals surface area contributed by atoms with Crippen molar-refractivity contribution in [2.45, 2.75) is 43.9 Å². The highest BCUT2D eigenvalue weighted by atomic mass is 32.2. The SMILES string of the molecule is CCn1nc(C)c(S(=O)(=O)N2CCSC(c3ccccc3F)CC2)c1C. The molecule has 0 bridgehead atoms. The number of aromatic nitrogens is 2. The quantitative estimate of drug-likeness (QED) is 0.792. The van der Waals surface area contributed by atoms with Gasteiger partial charge in [-0.15, -0.1) is 0 Å². The van der Waals surface area contributed by atoms with E-state index in [9.17, 15) is 12.8 Å². The van der Waals surface area contributed by atoms with Crippen LogP contribution in [0.2, 0.25) is 0 Å². The summed E-state index contributed by atoms with van der Waals surface area (Å²) >= 11 is 1.62. The second-order valence-corrected chi connectivity index (χ2v) is 9.57. The first kappa shape index (κ1) is 19.4. The van der Waals surface area contributed by atoms with E-state index < -0.39 is 10.0 Å². The summed E-state index contributed by atoms with van der Waals surface area (Å²) in [5, 5.41) is 4.31. The minimum atomic E-state index is -3.61. The standard InChI is InChI=1S/C18H24FN3O2S2/c1-4-22-14(3)18(13(2)20-22)26(23,24)21-10-9-17(25-12-11-21)15-7-5-6-8-16(15)19/h5-8,17H,4,9-12H2,1-3H3. The van der Waals surface area contributed by atoms with Gasteiger partial charge in [-0.25, -0.2) is 12.8 Å². The van der Waals surface area contributed by atoms with Gasteiger partial charge in [0, 0.05) is 36.2 Å². The van der Waals surface area contributed by atoms with Gasteiger partial charge in [0.15, 0.2) is 0 Å². The molecule has 1 unspecified atom stereocenters. The summed E-state index contributed by atoms with van der Waals surface area (Å²) in [7, 11) is -3.61. The summed E-state index contributed by atoms with van der Waals surface area (Å²) in [5.41, 5.74) is 1.86. The van der Waals surface area contributed by atoms with Crippen molar-refractivity contribution in [3.8, 4) is 0 Å². The fourth-order valence-corrected chi connectivity index (χ4v) is 6.66. The van der Waals surface area contributed by atoms with Gasteiger partial charge in [-0.3, -0.25) is 4.68 Å². The summed E-state index contributed by atoms with van der Waals surface area (Å²) in [6.07, 6.45) is 0.588. The molecular weight excluding hydrogens is 373 g/mol. The lowest BCUT2D eigenvalue weighted by molar-refractivity contribution is 0.426. The van der Waals surface area contributed by atoms with Crippen molar-refractivity contribution in [3.05, 3.63) is 47.0 Å². The fourth-order valence-electron chi connectivity index (χ4n) is 3.47. The summed E-state index contributed by atoms with van der Waals surface area (Å²) in [5.74, 6) is 0.412. The van der Waals surface area contributed by atoms with E-state index in [0.717, 1.165) is 0 Å². The summed E-state index contributed by atoms with van der Waals surface area (Å²) in [4.78, 5) is 0.314. The molecule has 0 aliphatic carbocycles. The molecule has 0 radical (unpaired) electrons. The number of sulfonamides is 1. The predicted molar refractivity (Wildman–Crippen MR) is 102 cm³/mol. The Morgan fingerprint density at radius 3 is 2.65 bits per heavy atom. The first-order chi connectivity index (χ1) is 12.4. The molecule has 1 atom stereocenters. The zero-order valence-electron chi connectivity index (χ0n) is 15.3. The smallest absolute Gasteiger partial charge is 0.246 e. The molecule has 26 heavy (non-hydrogen) atoms. The highest BCUT2D eigenvalue weighted by Gasteiger charge is 2.33. The lowest BCUT2D eigenvalue weighted by Gasteiger charge is -2.20. The summed E-state index contributed by atoms with van der Waals surface area (Å²) in [6, 6.07) is 6.75. The van der Waals surface area contributed by atoms with E-state index in [1.165, 1.54) is 10.4 Å². The third-order valence-electron chi connectivity index (χ3n) is 4.77. The van der Waals surface area contributed by atoms with Crippen molar-refractivity contribution >= 4 is 21.8 Å². The molecule has 0 spiro atoms. The molecule has 2 heterocycles.